The second kappa shape index (κ2) is 11.6. The summed E-state index contributed by atoms with van der Waals surface area (Å²) in [6.07, 6.45) is 4.72. The van der Waals surface area contributed by atoms with Gasteiger partial charge in [-0.25, -0.2) is 0 Å². The van der Waals surface area contributed by atoms with Gasteiger partial charge < -0.3 is 24.8 Å². The molecule has 1 unspecified atom stereocenters. The fourth-order valence-electron chi connectivity index (χ4n) is 4.34. The summed E-state index contributed by atoms with van der Waals surface area (Å²) in [5.41, 5.74) is 2.04. The number of aryl methyl sites for hydroxylation is 1. The normalized spacial score (nSPS) is 19.0. The highest BCUT2D eigenvalue weighted by molar-refractivity contribution is 14.0. The van der Waals surface area contributed by atoms with Crippen LogP contribution in [0, 0.1) is 5.92 Å². The number of carbonyl (C=O) groups is 1. The van der Waals surface area contributed by atoms with Crippen molar-refractivity contribution in [2.24, 2.45) is 18.0 Å². The molecule has 0 radical (unpaired) electrons. The molecule has 1 atom stereocenters. The minimum Gasteiger partial charge on any atom is -0.497 e. The van der Waals surface area contributed by atoms with Crippen LogP contribution in [0.4, 0.5) is 11.4 Å². The summed E-state index contributed by atoms with van der Waals surface area (Å²) in [5, 5.41) is 7.56. The SMILES string of the molecule is CCNC(=NCC1CCN(c2cccc(OC)c2)C1)N1CCN(c2cnn(C)c2)C(=O)C1.I. The molecule has 1 N–H and O–H groups in total. The Hall–Kier alpha value is -2.50. The van der Waals surface area contributed by atoms with Crippen molar-refractivity contribution in [1.82, 2.24) is 20.0 Å². The van der Waals surface area contributed by atoms with Crippen molar-refractivity contribution in [3.63, 3.8) is 0 Å². The van der Waals surface area contributed by atoms with Crippen LogP contribution >= 0.6 is 24.0 Å². The van der Waals surface area contributed by atoms with Crippen LogP contribution in [0.15, 0.2) is 41.7 Å². The maximum Gasteiger partial charge on any atom is 0.246 e. The minimum atomic E-state index is 0. The molecule has 2 fully saturated rings. The van der Waals surface area contributed by atoms with E-state index in [-0.39, 0.29) is 29.9 Å². The number of anilines is 2. The average Bonchev–Trinajstić information content (AvgIpc) is 3.46. The summed E-state index contributed by atoms with van der Waals surface area (Å²) in [7, 11) is 3.56. The van der Waals surface area contributed by atoms with Crippen molar-refractivity contribution < 1.29 is 9.53 Å². The maximum atomic E-state index is 12.8. The number of ether oxygens (including phenoxy) is 1. The van der Waals surface area contributed by atoms with E-state index in [0.29, 0.717) is 19.0 Å². The second-order valence-electron chi connectivity index (χ2n) is 8.34. The Morgan fingerprint density at radius 1 is 1.27 bits per heavy atom. The van der Waals surface area contributed by atoms with Crippen LogP contribution in [0.5, 0.6) is 5.75 Å². The van der Waals surface area contributed by atoms with Crippen LogP contribution in [-0.4, -0.2) is 79.5 Å². The molecule has 0 spiro atoms. The molecule has 1 amide bonds. The molecular formula is C23H34IN7O2. The van der Waals surface area contributed by atoms with Gasteiger partial charge in [0.1, 0.15) is 12.3 Å². The molecule has 1 aromatic heterocycles. The summed E-state index contributed by atoms with van der Waals surface area (Å²) in [5.74, 6) is 2.27. The number of carbonyl (C=O) groups excluding carboxylic acids is 1. The third-order valence-electron chi connectivity index (χ3n) is 6.06. The Morgan fingerprint density at radius 2 is 2.12 bits per heavy atom. The van der Waals surface area contributed by atoms with E-state index in [2.05, 4.69) is 39.3 Å². The second-order valence-corrected chi connectivity index (χ2v) is 8.34. The number of rotatable bonds is 6. The van der Waals surface area contributed by atoms with Gasteiger partial charge in [0.2, 0.25) is 5.91 Å². The average molecular weight is 567 g/mol. The van der Waals surface area contributed by atoms with Gasteiger partial charge in [0, 0.05) is 64.3 Å². The number of hydrogen-bond acceptors (Lipinski definition) is 5. The highest BCUT2D eigenvalue weighted by atomic mass is 127. The van der Waals surface area contributed by atoms with Crippen LogP contribution in [0.3, 0.4) is 0 Å². The largest absolute Gasteiger partial charge is 0.497 e. The van der Waals surface area contributed by atoms with E-state index in [0.717, 1.165) is 56.5 Å². The fraction of sp³-hybridized carbons (Fsp3) is 0.522. The van der Waals surface area contributed by atoms with Gasteiger partial charge >= 0.3 is 0 Å². The number of nitrogens with one attached hydrogen (secondary N) is 1. The van der Waals surface area contributed by atoms with Crippen molar-refractivity contribution in [1.29, 1.82) is 0 Å². The first-order chi connectivity index (χ1) is 15.6. The molecule has 0 bridgehead atoms. The lowest BCUT2D eigenvalue weighted by atomic mass is 10.1. The molecule has 10 heteroatoms. The lowest BCUT2D eigenvalue weighted by Gasteiger charge is -2.35. The first-order valence-corrected chi connectivity index (χ1v) is 11.3. The highest BCUT2D eigenvalue weighted by Crippen LogP contribution is 2.27. The molecule has 0 saturated carbocycles. The smallest absolute Gasteiger partial charge is 0.246 e. The first kappa shape index (κ1) is 25.1. The Bertz CT molecular complexity index is 964. The van der Waals surface area contributed by atoms with Crippen molar-refractivity contribution in [3.05, 3.63) is 36.7 Å². The predicted octanol–water partition coefficient (Wildman–Crippen LogP) is 2.19. The molecule has 4 rings (SSSR count). The molecule has 0 aliphatic carbocycles. The molecule has 2 saturated heterocycles. The number of halogens is 1. The van der Waals surface area contributed by atoms with Gasteiger partial charge in [-0.15, -0.1) is 24.0 Å². The predicted molar refractivity (Wildman–Crippen MR) is 142 cm³/mol. The topological polar surface area (TPSA) is 78.2 Å². The summed E-state index contributed by atoms with van der Waals surface area (Å²) < 4.78 is 7.08. The molecule has 2 aliphatic rings. The molecular weight excluding hydrogens is 533 g/mol. The number of aromatic nitrogens is 2. The molecule has 2 aliphatic heterocycles. The number of benzene rings is 1. The van der Waals surface area contributed by atoms with Gasteiger partial charge in [0.15, 0.2) is 5.96 Å². The molecule has 1 aromatic carbocycles. The highest BCUT2D eigenvalue weighted by Gasteiger charge is 2.28. The van der Waals surface area contributed by atoms with Gasteiger partial charge in [-0.3, -0.25) is 14.5 Å². The molecule has 9 nitrogen and oxygen atoms in total. The number of nitrogens with zero attached hydrogens (tertiary/aromatic N) is 6. The van der Waals surface area contributed by atoms with Gasteiger partial charge in [-0.2, -0.15) is 5.10 Å². The van der Waals surface area contributed by atoms with E-state index in [1.807, 2.05) is 25.4 Å². The van der Waals surface area contributed by atoms with E-state index >= 15 is 0 Å². The van der Waals surface area contributed by atoms with Crippen LogP contribution in [-0.2, 0) is 11.8 Å². The molecule has 180 valence electrons. The number of amides is 1. The molecule has 33 heavy (non-hydrogen) atoms. The lowest BCUT2D eigenvalue weighted by molar-refractivity contribution is -0.120. The van der Waals surface area contributed by atoms with Crippen LogP contribution < -0.4 is 19.9 Å². The van der Waals surface area contributed by atoms with E-state index in [1.165, 1.54) is 5.69 Å². The number of aliphatic imine (C=N–C) groups is 1. The summed E-state index contributed by atoms with van der Waals surface area (Å²) >= 11 is 0. The number of hydrogen-bond donors (Lipinski definition) is 1. The van der Waals surface area contributed by atoms with Crippen molar-refractivity contribution in [2.45, 2.75) is 13.3 Å². The zero-order valence-electron chi connectivity index (χ0n) is 19.6. The van der Waals surface area contributed by atoms with Gasteiger partial charge in [0.05, 0.1) is 19.0 Å². The quantitative estimate of drug-likeness (QED) is 0.328. The monoisotopic (exact) mass is 567 g/mol. The zero-order valence-corrected chi connectivity index (χ0v) is 21.9. The number of guanidine groups is 1. The van der Waals surface area contributed by atoms with Crippen LogP contribution in [0.1, 0.15) is 13.3 Å². The standard InChI is InChI=1S/C23H33N7O2.HI/c1-4-24-23(29-10-11-30(22(31)17-29)20-14-26-27(2)16-20)25-13-18-8-9-28(15-18)19-6-5-7-21(12-19)32-3;/h5-7,12,14,16,18H,4,8-11,13,15,17H2,1-3H3,(H,24,25);1H. The zero-order chi connectivity index (χ0) is 22.5. The molecule has 2 aromatic rings. The first-order valence-electron chi connectivity index (χ1n) is 11.3. The minimum absolute atomic E-state index is 0. The van der Waals surface area contributed by atoms with E-state index < -0.39 is 0 Å². The Labute approximate surface area is 212 Å². The summed E-state index contributed by atoms with van der Waals surface area (Å²) in [6, 6.07) is 8.22. The van der Waals surface area contributed by atoms with Gasteiger partial charge in [-0.1, -0.05) is 6.07 Å². The maximum absolute atomic E-state index is 12.8. The third-order valence-corrected chi connectivity index (χ3v) is 6.06. The number of methoxy groups -OCH3 is 1. The van der Waals surface area contributed by atoms with E-state index in [9.17, 15) is 4.79 Å². The van der Waals surface area contributed by atoms with E-state index in [4.69, 9.17) is 9.73 Å². The number of piperazine rings is 1. The van der Waals surface area contributed by atoms with Gasteiger partial charge in [0.25, 0.3) is 0 Å². The van der Waals surface area contributed by atoms with Crippen molar-refractivity contribution in [3.8, 4) is 5.75 Å². The Morgan fingerprint density at radius 3 is 2.82 bits per heavy atom. The van der Waals surface area contributed by atoms with Gasteiger partial charge in [-0.05, 0) is 31.4 Å². The lowest BCUT2D eigenvalue weighted by Crippen LogP contribution is -2.55. The molecule has 3 heterocycles. The Kier molecular flexibility index (Phi) is 8.81. The van der Waals surface area contributed by atoms with Crippen molar-refractivity contribution in [2.75, 3.05) is 62.7 Å². The van der Waals surface area contributed by atoms with Crippen LogP contribution in [0.25, 0.3) is 0 Å². The third kappa shape index (κ3) is 6.10. The van der Waals surface area contributed by atoms with Crippen LogP contribution in [0.2, 0.25) is 0 Å². The Balaban J connectivity index is 0.00000306. The fourth-order valence-corrected chi connectivity index (χ4v) is 4.34. The van der Waals surface area contributed by atoms with E-state index in [1.54, 1.807) is 22.9 Å². The van der Waals surface area contributed by atoms with Crippen molar-refractivity contribution >= 4 is 47.2 Å². The summed E-state index contributed by atoms with van der Waals surface area (Å²) in [6.45, 7) is 7.27. The summed E-state index contributed by atoms with van der Waals surface area (Å²) in [4.78, 5) is 24.0.